The van der Waals surface area contributed by atoms with Crippen LogP contribution in [0, 0.1) is 35.7 Å². The van der Waals surface area contributed by atoms with Crippen LogP contribution in [0.25, 0.3) is 22.0 Å². The zero-order valence-corrected chi connectivity index (χ0v) is 25.5. The molecule has 0 aliphatic heterocycles. The summed E-state index contributed by atoms with van der Waals surface area (Å²) in [6, 6.07) is 19.7. The van der Waals surface area contributed by atoms with Crippen LogP contribution in [0.5, 0.6) is 0 Å². The Morgan fingerprint density at radius 2 is 1.65 bits per heavy atom. The van der Waals surface area contributed by atoms with Crippen LogP contribution in [0.2, 0.25) is 0 Å². The number of aliphatic hydroxyl groups is 2. The van der Waals surface area contributed by atoms with E-state index in [0.29, 0.717) is 5.92 Å². The van der Waals surface area contributed by atoms with E-state index >= 15 is 0 Å². The van der Waals surface area contributed by atoms with Crippen molar-refractivity contribution in [1.82, 2.24) is 4.98 Å². The van der Waals surface area contributed by atoms with Gasteiger partial charge in [-0.15, -0.1) is 35.9 Å². The number of fused-ring (bicyclic) bond motifs is 2. The minimum absolute atomic E-state index is 0. The third-order valence-electron chi connectivity index (χ3n) is 9.61. The van der Waals surface area contributed by atoms with Crippen LogP contribution in [-0.2, 0) is 20.1 Å². The van der Waals surface area contributed by atoms with E-state index in [2.05, 4.69) is 69.9 Å². The Bertz CT molecular complexity index is 1150. The van der Waals surface area contributed by atoms with Gasteiger partial charge in [-0.3, -0.25) is 0 Å². The van der Waals surface area contributed by atoms with Crippen LogP contribution in [-0.4, -0.2) is 27.4 Å². The first-order valence-corrected chi connectivity index (χ1v) is 13.9. The molecule has 2 saturated carbocycles. The molecule has 2 N–H and O–H groups in total. The molecule has 6 atom stereocenters. The van der Waals surface area contributed by atoms with Gasteiger partial charge in [-0.1, -0.05) is 57.9 Å². The molecule has 2 aliphatic rings. The first-order valence-electron chi connectivity index (χ1n) is 13.9. The van der Waals surface area contributed by atoms with Gasteiger partial charge in [0.05, 0.1) is 12.2 Å². The standard InChI is InChI=1S/C17H32O2.C16H12N.Ir/c1-5-16(3)10-7-8-12-9-11-17(4,6-2)15(19)13(12)14(16)18;1-12-7-8-15-14(11-12)9-10-17-16(15)13-5-3-2-4-6-13;/h12-15,18-19H,5-11H2,1-4H3;2-5,7-11H,1H3;/q;-1;/t12?,13?,14?,15?,16-,17+;;/m0../s1. The average molecular weight is 679 g/mol. The molecule has 2 aliphatic carbocycles. The molecule has 0 spiro atoms. The smallest absolute Gasteiger partial charge is 0.0649 e. The van der Waals surface area contributed by atoms with Crippen molar-refractivity contribution in [1.29, 1.82) is 0 Å². The zero-order chi connectivity index (χ0) is 25.9. The second-order valence-corrected chi connectivity index (χ2v) is 11.8. The zero-order valence-electron chi connectivity index (χ0n) is 23.1. The number of pyridine rings is 1. The van der Waals surface area contributed by atoms with E-state index in [0.717, 1.165) is 36.9 Å². The molecular weight excluding hydrogens is 635 g/mol. The molecule has 1 aromatic heterocycles. The minimum Gasteiger partial charge on any atom is -0.392 e. The van der Waals surface area contributed by atoms with Crippen molar-refractivity contribution in [3.05, 3.63) is 66.4 Å². The van der Waals surface area contributed by atoms with Crippen LogP contribution >= 0.6 is 0 Å². The summed E-state index contributed by atoms with van der Waals surface area (Å²) >= 11 is 0. The number of rotatable bonds is 3. The molecule has 0 bridgehead atoms. The van der Waals surface area contributed by atoms with Crippen molar-refractivity contribution < 1.29 is 30.3 Å². The molecule has 2 fully saturated rings. The first kappa shape index (κ1) is 30.0. The maximum atomic E-state index is 10.9. The number of aryl methyl sites for hydroxylation is 1. The summed E-state index contributed by atoms with van der Waals surface area (Å²) in [4.78, 5) is 4.48. The monoisotopic (exact) mass is 679 g/mol. The van der Waals surface area contributed by atoms with Crippen molar-refractivity contribution in [2.45, 2.75) is 91.8 Å². The number of aliphatic hydroxyl groups excluding tert-OH is 2. The van der Waals surface area contributed by atoms with Crippen molar-refractivity contribution in [3.8, 4) is 11.3 Å². The molecule has 0 saturated heterocycles. The summed E-state index contributed by atoms with van der Waals surface area (Å²) in [5.41, 5.74) is 3.31. The van der Waals surface area contributed by atoms with Crippen LogP contribution in [0.4, 0.5) is 0 Å². The second kappa shape index (κ2) is 12.5. The SMILES string of the molecule is CC[C@@]1(C)CCCC2CC[C@@](C)(CC)C(O)C2C1O.Cc1ccc2c(-c3[c-]cccc3)nccc2c1.[Ir]. The molecule has 4 unspecified atom stereocenters. The summed E-state index contributed by atoms with van der Waals surface area (Å²) in [6.07, 6.45) is 8.99. The summed E-state index contributed by atoms with van der Waals surface area (Å²) in [6.45, 7) is 10.9. The van der Waals surface area contributed by atoms with Crippen molar-refractivity contribution in [2.24, 2.45) is 22.7 Å². The Kier molecular flexibility index (Phi) is 10.1. The van der Waals surface area contributed by atoms with Gasteiger partial charge in [0.1, 0.15) is 0 Å². The van der Waals surface area contributed by atoms with E-state index in [1.807, 2.05) is 30.5 Å². The molecule has 4 heteroatoms. The molecule has 3 nitrogen and oxygen atoms in total. The quantitative estimate of drug-likeness (QED) is 0.279. The van der Waals surface area contributed by atoms with Gasteiger partial charge < -0.3 is 15.2 Å². The molecule has 1 radical (unpaired) electrons. The third kappa shape index (κ3) is 6.19. The Balaban J connectivity index is 0.000000201. The summed E-state index contributed by atoms with van der Waals surface area (Å²) in [5.74, 6) is 0.615. The number of nitrogens with zero attached hydrogens (tertiary/aromatic N) is 1. The van der Waals surface area contributed by atoms with E-state index < -0.39 is 0 Å². The normalized spacial score (nSPS) is 31.3. The number of aromatic nitrogens is 1. The average Bonchev–Trinajstić information content (AvgIpc) is 3.03. The van der Waals surface area contributed by atoms with Gasteiger partial charge in [-0.25, -0.2) is 0 Å². The van der Waals surface area contributed by atoms with E-state index in [1.165, 1.54) is 35.6 Å². The summed E-state index contributed by atoms with van der Waals surface area (Å²) < 4.78 is 0. The van der Waals surface area contributed by atoms with Crippen molar-refractivity contribution in [2.75, 3.05) is 0 Å². The Morgan fingerprint density at radius 1 is 0.946 bits per heavy atom. The maximum Gasteiger partial charge on any atom is 0.0649 e. The molecule has 1 heterocycles. The van der Waals surface area contributed by atoms with Crippen molar-refractivity contribution >= 4 is 10.8 Å². The Morgan fingerprint density at radius 3 is 2.30 bits per heavy atom. The predicted octanol–water partition coefficient (Wildman–Crippen LogP) is 7.76. The largest absolute Gasteiger partial charge is 0.392 e. The van der Waals surface area contributed by atoms with Gasteiger partial charge in [0.15, 0.2) is 0 Å². The van der Waals surface area contributed by atoms with Gasteiger partial charge in [0.25, 0.3) is 0 Å². The minimum atomic E-state index is -0.342. The van der Waals surface area contributed by atoms with Crippen LogP contribution in [0.3, 0.4) is 0 Å². The second-order valence-electron chi connectivity index (χ2n) is 11.8. The maximum absolute atomic E-state index is 10.9. The number of hydrogen-bond acceptors (Lipinski definition) is 3. The number of hydrogen-bond donors (Lipinski definition) is 2. The van der Waals surface area contributed by atoms with Gasteiger partial charge in [-0.05, 0) is 84.7 Å². The Hall–Kier alpha value is -1.58. The third-order valence-corrected chi connectivity index (χ3v) is 9.61. The van der Waals surface area contributed by atoms with Crippen LogP contribution in [0.1, 0.15) is 78.2 Å². The summed E-state index contributed by atoms with van der Waals surface area (Å²) in [7, 11) is 0. The Labute approximate surface area is 237 Å². The van der Waals surface area contributed by atoms with E-state index in [1.54, 1.807) is 0 Å². The fraction of sp³-hybridized carbons (Fsp3) is 0.545. The van der Waals surface area contributed by atoms with E-state index in [-0.39, 0.29) is 49.1 Å². The molecule has 5 rings (SSSR count). The molecule has 37 heavy (non-hydrogen) atoms. The van der Waals surface area contributed by atoms with Gasteiger partial charge in [-0.2, -0.15) is 0 Å². The molecule has 0 amide bonds. The van der Waals surface area contributed by atoms with Gasteiger partial charge >= 0.3 is 0 Å². The van der Waals surface area contributed by atoms with Crippen LogP contribution in [0.15, 0.2) is 54.7 Å². The molecule has 2 aromatic carbocycles. The molecular formula is C33H44IrNO2-. The fourth-order valence-corrected chi connectivity index (χ4v) is 6.55. The van der Waals surface area contributed by atoms with E-state index in [9.17, 15) is 10.2 Å². The summed E-state index contributed by atoms with van der Waals surface area (Å²) in [5, 5.41) is 24.2. The van der Waals surface area contributed by atoms with Crippen LogP contribution < -0.4 is 0 Å². The molecule has 203 valence electrons. The predicted molar refractivity (Wildman–Crippen MR) is 150 cm³/mol. The first-order chi connectivity index (χ1) is 17.2. The van der Waals surface area contributed by atoms with Gasteiger partial charge in [0, 0.05) is 32.2 Å². The van der Waals surface area contributed by atoms with Gasteiger partial charge in [0.2, 0.25) is 0 Å². The number of benzene rings is 2. The van der Waals surface area contributed by atoms with Crippen molar-refractivity contribution in [3.63, 3.8) is 0 Å². The van der Waals surface area contributed by atoms with E-state index in [4.69, 9.17) is 0 Å². The topological polar surface area (TPSA) is 53.4 Å². The molecule has 3 aromatic rings. The fourth-order valence-electron chi connectivity index (χ4n) is 6.55.